The lowest BCUT2D eigenvalue weighted by molar-refractivity contribution is -0.0907. The second-order valence-electron chi connectivity index (χ2n) is 7.04. The number of rotatable bonds is 21. The van der Waals surface area contributed by atoms with Crippen LogP contribution >= 0.6 is 0 Å². The number of ether oxygens (including phenoxy) is 4. The zero-order chi connectivity index (χ0) is 19.3. The molecule has 0 atom stereocenters. The molecule has 0 heterocycles. The largest absolute Gasteiger partial charge is 0.357 e. The first-order chi connectivity index (χ1) is 12.8. The normalized spacial score (nSPS) is 12.7. The van der Waals surface area contributed by atoms with Crippen LogP contribution in [0.3, 0.4) is 0 Å². The molecule has 0 saturated heterocycles. The maximum absolute atomic E-state index is 5.85. The van der Waals surface area contributed by atoms with Crippen LogP contribution in [0.15, 0.2) is 0 Å². The minimum absolute atomic E-state index is 0.148. The van der Waals surface area contributed by atoms with Gasteiger partial charge in [0.15, 0.2) is 0 Å². The van der Waals surface area contributed by atoms with Gasteiger partial charge in [-0.05, 0) is 25.7 Å². The van der Waals surface area contributed by atoms with Crippen molar-refractivity contribution in [2.75, 3.05) is 26.4 Å². The van der Waals surface area contributed by atoms with Gasteiger partial charge in [-0.1, -0.05) is 65.5 Å². The van der Waals surface area contributed by atoms with Gasteiger partial charge >= 0.3 is 0 Å². The van der Waals surface area contributed by atoms with Gasteiger partial charge < -0.3 is 18.9 Å². The fourth-order valence-corrected chi connectivity index (χ4v) is 6.04. The van der Waals surface area contributed by atoms with E-state index in [1.807, 2.05) is 0 Å². The minimum Gasteiger partial charge on any atom is -0.357 e. The molecule has 0 aromatic heterocycles. The fourth-order valence-electron chi connectivity index (χ4n) is 2.76. The Morgan fingerprint density at radius 2 is 0.808 bits per heavy atom. The van der Waals surface area contributed by atoms with Crippen LogP contribution in [0.25, 0.3) is 0 Å². The third-order valence-electron chi connectivity index (χ3n) is 4.16. The zero-order valence-electron chi connectivity index (χ0n) is 18.1. The Labute approximate surface area is 167 Å². The molecule has 0 rings (SSSR count). The molecule has 0 aromatic carbocycles. The Morgan fingerprint density at radius 3 is 1.08 bits per heavy atom. The van der Waals surface area contributed by atoms with Crippen molar-refractivity contribution in [1.29, 1.82) is 0 Å². The smallest absolute Gasteiger partial charge is 0.134 e. The second-order valence-corrected chi connectivity index (χ2v) is 10.9. The van der Waals surface area contributed by atoms with Gasteiger partial charge in [0, 0.05) is 26.4 Å². The highest BCUT2D eigenvalue weighted by molar-refractivity contribution is 6.36. The molecule has 0 aliphatic carbocycles. The summed E-state index contributed by atoms with van der Waals surface area (Å²) in [5.41, 5.74) is 0. The third-order valence-corrected chi connectivity index (χ3v) is 7.86. The van der Waals surface area contributed by atoms with Crippen LogP contribution in [0.5, 0.6) is 0 Å². The monoisotopic (exact) mass is 406 g/mol. The van der Waals surface area contributed by atoms with Gasteiger partial charge in [-0.2, -0.15) is 0 Å². The molecule has 4 nitrogen and oxygen atoms in total. The number of hydrogen-bond acceptors (Lipinski definition) is 4. The highest BCUT2D eigenvalue weighted by atomic mass is 28.2. The van der Waals surface area contributed by atoms with E-state index in [0.717, 1.165) is 52.1 Å². The Balaban J connectivity index is 3.64. The van der Waals surface area contributed by atoms with Gasteiger partial charge in [-0.25, -0.2) is 0 Å². The lowest BCUT2D eigenvalue weighted by Crippen LogP contribution is -2.25. The van der Waals surface area contributed by atoms with E-state index in [1.165, 1.54) is 37.8 Å². The maximum atomic E-state index is 5.85. The topological polar surface area (TPSA) is 36.9 Å². The van der Waals surface area contributed by atoms with Crippen molar-refractivity contribution < 1.29 is 18.9 Å². The molecular formula is C20H46O4Si2. The summed E-state index contributed by atoms with van der Waals surface area (Å²) >= 11 is 0. The van der Waals surface area contributed by atoms with Crippen LogP contribution in [0.2, 0.25) is 12.1 Å². The zero-order valence-corrected chi connectivity index (χ0v) is 20.9. The van der Waals surface area contributed by atoms with Crippen molar-refractivity contribution in [2.45, 2.75) is 103 Å². The predicted octanol–water partition coefficient (Wildman–Crippen LogP) is 3.99. The molecular weight excluding hydrogens is 360 g/mol. The third kappa shape index (κ3) is 17.7. The van der Waals surface area contributed by atoms with Gasteiger partial charge in [-0.15, -0.1) is 0 Å². The average Bonchev–Trinajstić information content (AvgIpc) is 2.66. The molecule has 26 heavy (non-hydrogen) atoms. The van der Waals surface area contributed by atoms with Crippen molar-refractivity contribution in [2.24, 2.45) is 0 Å². The lowest BCUT2D eigenvalue weighted by Gasteiger charge is -2.18. The first-order valence-corrected chi connectivity index (χ1v) is 14.9. The van der Waals surface area contributed by atoms with E-state index < -0.39 is 0 Å². The molecule has 0 amide bonds. The van der Waals surface area contributed by atoms with E-state index in [-0.39, 0.29) is 30.9 Å². The molecule has 0 fully saturated rings. The minimum atomic E-state index is -0.263. The summed E-state index contributed by atoms with van der Waals surface area (Å²) in [6.07, 6.45) is 9.71. The molecule has 0 N–H and O–H groups in total. The summed E-state index contributed by atoms with van der Waals surface area (Å²) in [5, 5.41) is 0. The number of hydrogen-bond donors (Lipinski definition) is 0. The van der Waals surface area contributed by atoms with Crippen molar-refractivity contribution in [3.05, 3.63) is 0 Å². The van der Waals surface area contributed by atoms with Gasteiger partial charge in [0.25, 0.3) is 0 Å². The second kappa shape index (κ2) is 21.6. The predicted molar refractivity (Wildman–Crippen MR) is 118 cm³/mol. The molecule has 6 heteroatoms. The fraction of sp³-hybridized carbons (Fsp3) is 1.00. The quantitative estimate of drug-likeness (QED) is 0.164. The van der Waals surface area contributed by atoms with Crippen LogP contribution < -0.4 is 0 Å². The van der Waals surface area contributed by atoms with E-state index in [1.54, 1.807) is 0 Å². The first kappa shape index (κ1) is 26.3. The molecule has 0 aliphatic heterocycles. The summed E-state index contributed by atoms with van der Waals surface area (Å²) in [4.78, 5) is 0. The van der Waals surface area contributed by atoms with E-state index in [0.29, 0.717) is 0 Å². The molecule has 0 radical (unpaired) electrons. The first-order valence-electron chi connectivity index (χ1n) is 11.2. The highest BCUT2D eigenvalue weighted by Crippen LogP contribution is 2.09. The van der Waals surface area contributed by atoms with Crippen LogP contribution in [0.4, 0.5) is 0 Å². The molecule has 0 bridgehead atoms. The molecule has 158 valence electrons. The van der Waals surface area contributed by atoms with E-state index in [9.17, 15) is 0 Å². The van der Waals surface area contributed by atoms with E-state index >= 15 is 0 Å². The van der Waals surface area contributed by atoms with Crippen molar-refractivity contribution in [3.8, 4) is 0 Å². The summed E-state index contributed by atoms with van der Waals surface area (Å²) in [5.74, 6) is 0.295. The van der Waals surface area contributed by atoms with Gasteiger partial charge in [0.1, 0.15) is 11.8 Å². The van der Waals surface area contributed by atoms with Gasteiger partial charge in [0.05, 0.1) is 19.0 Å². The molecule has 0 saturated carbocycles. The summed E-state index contributed by atoms with van der Waals surface area (Å²) in [7, 11) is -0.526. The summed E-state index contributed by atoms with van der Waals surface area (Å²) < 4.78 is 23.4. The summed E-state index contributed by atoms with van der Waals surface area (Å²) in [6.45, 7) is 12.0. The van der Waals surface area contributed by atoms with E-state index in [2.05, 4.69) is 27.7 Å². The SMILES string of the molecule is CCCOC(OCCC)[SiH2]CCCCCC[SiH2]C(OCCC)OCCC. The molecule has 0 aromatic rings. The Morgan fingerprint density at radius 1 is 0.500 bits per heavy atom. The Kier molecular flexibility index (Phi) is 21.8. The number of unbranched alkanes of at least 4 members (excludes halogenated alkanes) is 3. The molecule has 0 aliphatic rings. The maximum Gasteiger partial charge on any atom is 0.134 e. The molecule has 0 unspecified atom stereocenters. The standard InChI is InChI=1S/C20H46O4Si2/c1-5-13-21-19(22-14-6-2)25-17-11-9-10-12-18-26-20(23-15-7-3)24-16-8-4/h19-20H,5-18,25-26H2,1-4H3. The van der Waals surface area contributed by atoms with Crippen LogP contribution in [0.1, 0.15) is 79.1 Å². The van der Waals surface area contributed by atoms with Gasteiger partial charge in [-0.3, -0.25) is 0 Å². The average molecular weight is 407 g/mol. The Hall–Kier alpha value is 0.274. The molecule has 0 spiro atoms. The Bertz CT molecular complexity index is 228. The highest BCUT2D eigenvalue weighted by Gasteiger charge is 2.10. The lowest BCUT2D eigenvalue weighted by atomic mass is 10.2. The van der Waals surface area contributed by atoms with Crippen molar-refractivity contribution in [3.63, 3.8) is 0 Å². The van der Waals surface area contributed by atoms with Crippen molar-refractivity contribution >= 4 is 19.0 Å². The van der Waals surface area contributed by atoms with Crippen LogP contribution in [-0.2, 0) is 18.9 Å². The van der Waals surface area contributed by atoms with Crippen molar-refractivity contribution in [1.82, 2.24) is 0 Å². The van der Waals surface area contributed by atoms with Gasteiger partial charge in [0.2, 0.25) is 0 Å². The summed E-state index contributed by atoms with van der Waals surface area (Å²) in [6, 6.07) is 2.69. The van der Waals surface area contributed by atoms with Crippen LogP contribution in [0, 0.1) is 0 Å². The van der Waals surface area contributed by atoms with E-state index in [4.69, 9.17) is 18.9 Å². The van der Waals surface area contributed by atoms with Crippen LogP contribution in [-0.4, -0.2) is 57.3 Å².